The van der Waals surface area contributed by atoms with Crippen LogP contribution in [0.1, 0.15) is 25.1 Å². The van der Waals surface area contributed by atoms with Crippen LogP contribution >= 0.6 is 0 Å². The summed E-state index contributed by atoms with van der Waals surface area (Å²) in [5.41, 5.74) is 1.14. The summed E-state index contributed by atoms with van der Waals surface area (Å²) in [7, 11) is 1.92. The molecule has 1 heterocycles. The Hall–Kier alpha value is -0.800. The van der Waals surface area contributed by atoms with E-state index in [1.54, 1.807) is 0 Å². The molecule has 1 rings (SSSR count). The van der Waals surface area contributed by atoms with Gasteiger partial charge >= 0.3 is 0 Å². The molecule has 3 N–H and O–H groups in total. The van der Waals surface area contributed by atoms with Crippen molar-refractivity contribution in [2.24, 2.45) is 5.92 Å². The molecule has 0 aromatic carbocycles. The quantitative estimate of drug-likeness (QED) is 0.642. The van der Waals surface area contributed by atoms with Crippen LogP contribution in [0.4, 0.5) is 0 Å². The molecule has 0 aliphatic heterocycles. The van der Waals surface area contributed by atoms with Gasteiger partial charge in [0.05, 0.1) is 6.04 Å². The largest absolute Gasteiger partial charge is 0.396 e. The lowest BCUT2D eigenvalue weighted by atomic mass is 9.95. The molecule has 13 heavy (non-hydrogen) atoms. The molecule has 2 unspecified atom stereocenters. The van der Waals surface area contributed by atoms with Crippen LogP contribution < -0.4 is 5.32 Å². The van der Waals surface area contributed by atoms with Crippen LogP contribution in [0.15, 0.2) is 18.3 Å². The zero-order valence-electron chi connectivity index (χ0n) is 8.25. The summed E-state index contributed by atoms with van der Waals surface area (Å²) in [5.74, 6) is 0.281. The summed E-state index contributed by atoms with van der Waals surface area (Å²) in [6.45, 7) is 2.31. The lowest BCUT2D eigenvalue weighted by molar-refractivity contribution is 0.187. The van der Waals surface area contributed by atoms with Crippen LogP contribution in [0.5, 0.6) is 0 Å². The van der Waals surface area contributed by atoms with Gasteiger partial charge in [0, 0.05) is 24.4 Å². The minimum absolute atomic E-state index is 0.223. The maximum Gasteiger partial charge on any atom is 0.0520 e. The maximum atomic E-state index is 9.17. The standard InChI is InChI=1S/C10H18N2O/c1-3-8(7-13)10(11-2)9-5-4-6-12-9/h4-6,8,10-13H,3,7H2,1-2H3. The van der Waals surface area contributed by atoms with Crippen LogP contribution in [0.3, 0.4) is 0 Å². The minimum atomic E-state index is 0.223. The molecule has 0 saturated heterocycles. The number of hydrogen-bond acceptors (Lipinski definition) is 2. The third-order valence-corrected chi connectivity index (χ3v) is 2.50. The summed E-state index contributed by atoms with van der Waals surface area (Å²) in [4.78, 5) is 3.16. The van der Waals surface area contributed by atoms with E-state index in [1.807, 2.05) is 25.4 Å². The van der Waals surface area contributed by atoms with Gasteiger partial charge in [-0.1, -0.05) is 6.92 Å². The van der Waals surface area contributed by atoms with Crippen molar-refractivity contribution in [1.82, 2.24) is 10.3 Å². The van der Waals surface area contributed by atoms with E-state index in [0.29, 0.717) is 0 Å². The van der Waals surface area contributed by atoms with Gasteiger partial charge in [0.1, 0.15) is 0 Å². The second-order valence-electron chi connectivity index (χ2n) is 3.24. The van der Waals surface area contributed by atoms with Crippen molar-refractivity contribution in [3.63, 3.8) is 0 Å². The normalized spacial score (nSPS) is 15.6. The first-order valence-corrected chi connectivity index (χ1v) is 4.74. The molecule has 3 nitrogen and oxygen atoms in total. The van der Waals surface area contributed by atoms with Gasteiger partial charge in [-0.05, 0) is 25.6 Å². The van der Waals surface area contributed by atoms with E-state index in [2.05, 4.69) is 17.2 Å². The van der Waals surface area contributed by atoms with Gasteiger partial charge in [-0.3, -0.25) is 0 Å². The first-order chi connectivity index (χ1) is 6.33. The van der Waals surface area contributed by atoms with E-state index in [-0.39, 0.29) is 18.6 Å². The SMILES string of the molecule is CCC(CO)C(NC)c1ccc[nH]1. The van der Waals surface area contributed by atoms with E-state index in [1.165, 1.54) is 0 Å². The predicted octanol–water partition coefficient (Wildman–Crippen LogP) is 1.29. The number of aromatic nitrogens is 1. The molecule has 2 atom stereocenters. The highest BCUT2D eigenvalue weighted by molar-refractivity contribution is 5.10. The van der Waals surface area contributed by atoms with Crippen LogP contribution in [-0.2, 0) is 0 Å². The molecule has 1 aromatic rings. The number of nitrogens with one attached hydrogen (secondary N) is 2. The van der Waals surface area contributed by atoms with E-state index in [9.17, 15) is 5.11 Å². The van der Waals surface area contributed by atoms with Crippen molar-refractivity contribution >= 4 is 0 Å². The third-order valence-electron chi connectivity index (χ3n) is 2.50. The Labute approximate surface area is 79.2 Å². The number of aliphatic hydroxyl groups excluding tert-OH is 1. The van der Waals surface area contributed by atoms with Gasteiger partial charge in [-0.25, -0.2) is 0 Å². The smallest absolute Gasteiger partial charge is 0.0520 e. The predicted molar refractivity (Wildman–Crippen MR) is 53.5 cm³/mol. The number of hydrogen-bond donors (Lipinski definition) is 3. The molecule has 0 saturated carbocycles. The van der Waals surface area contributed by atoms with Gasteiger partial charge in [0.2, 0.25) is 0 Å². The van der Waals surface area contributed by atoms with Crippen molar-refractivity contribution in [2.45, 2.75) is 19.4 Å². The average molecular weight is 182 g/mol. The fraction of sp³-hybridized carbons (Fsp3) is 0.600. The molecule has 0 amide bonds. The minimum Gasteiger partial charge on any atom is -0.396 e. The molecule has 0 bridgehead atoms. The lowest BCUT2D eigenvalue weighted by Crippen LogP contribution is -2.27. The van der Waals surface area contributed by atoms with Gasteiger partial charge in [0.15, 0.2) is 0 Å². The fourth-order valence-electron chi connectivity index (χ4n) is 1.65. The van der Waals surface area contributed by atoms with Gasteiger partial charge in [0.25, 0.3) is 0 Å². The first-order valence-electron chi connectivity index (χ1n) is 4.74. The molecule has 0 fully saturated rings. The zero-order chi connectivity index (χ0) is 9.68. The highest BCUT2D eigenvalue weighted by atomic mass is 16.3. The maximum absolute atomic E-state index is 9.17. The fourth-order valence-corrected chi connectivity index (χ4v) is 1.65. The Balaban J connectivity index is 2.72. The summed E-state index contributed by atoms with van der Waals surface area (Å²) in [6.07, 6.45) is 2.88. The Bertz CT molecular complexity index is 217. The van der Waals surface area contributed by atoms with Gasteiger partial charge in [-0.2, -0.15) is 0 Å². The lowest BCUT2D eigenvalue weighted by Gasteiger charge is -2.23. The number of rotatable bonds is 5. The summed E-state index contributed by atoms with van der Waals surface area (Å²) >= 11 is 0. The molecule has 0 aliphatic carbocycles. The summed E-state index contributed by atoms with van der Waals surface area (Å²) < 4.78 is 0. The Morgan fingerprint density at radius 1 is 1.62 bits per heavy atom. The first kappa shape index (κ1) is 10.3. The van der Waals surface area contributed by atoms with Crippen molar-refractivity contribution in [3.05, 3.63) is 24.0 Å². The number of aromatic amines is 1. The molecular weight excluding hydrogens is 164 g/mol. The molecular formula is C10H18N2O. The second-order valence-corrected chi connectivity index (χ2v) is 3.24. The molecule has 1 aromatic heterocycles. The molecule has 0 spiro atoms. The zero-order valence-corrected chi connectivity index (χ0v) is 8.25. The summed E-state index contributed by atoms with van der Waals surface area (Å²) in [5, 5.41) is 12.4. The van der Waals surface area contributed by atoms with Crippen LogP contribution in [0.25, 0.3) is 0 Å². The van der Waals surface area contributed by atoms with Gasteiger partial charge < -0.3 is 15.4 Å². The topological polar surface area (TPSA) is 48.0 Å². The van der Waals surface area contributed by atoms with Crippen molar-refractivity contribution in [3.8, 4) is 0 Å². The molecule has 0 radical (unpaired) electrons. The summed E-state index contributed by atoms with van der Waals surface area (Å²) in [6, 6.07) is 4.24. The third kappa shape index (κ3) is 2.32. The Morgan fingerprint density at radius 2 is 2.38 bits per heavy atom. The molecule has 3 heteroatoms. The van der Waals surface area contributed by atoms with Crippen LogP contribution in [-0.4, -0.2) is 23.7 Å². The second kappa shape index (κ2) is 5.04. The van der Waals surface area contributed by atoms with Crippen molar-refractivity contribution in [2.75, 3.05) is 13.7 Å². The van der Waals surface area contributed by atoms with Crippen LogP contribution in [0.2, 0.25) is 0 Å². The Kier molecular flexibility index (Phi) is 3.99. The van der Waals surface area contributed by atoms with E-state index < -0.39 is 0 Å². The van der Waals surface area contributed by atoms with E-state index in [4.69, 9.17) is 0 Å². The monoisotopic (exact) mass is 182 g/mol. The number of H-pyrrole nitrogens is 1. The van der Waals surface area contributed by atoms with E-state index >= 15 is 0 Å². The van der Waals surface area contributed by atoms with E-state index in [0.717, 1.165) is 12.1 Å². The Morgan fingerprint density at radius 3 is 2.77 bits per heavy atom. The highest BCUT2D eigenvalue weighted by Crippen LogP contribution is 2.22. The molecule has 74 valence electrons. The van der Waals surface area contributed by atoms with Crippen molar-refractivity contribution < 1.29 is 5.11 Å². The molecule has 0 aliphatic rings. The highest BCUT2D eigenvalue weighted by Gasteiger charge is 2.19. The number of aliphatic hydroxyl groups is 1. The van der Waals surface area contributed by atoms with Crippen LogP contribution in [0, 0.1) is 5.92 Å². The average Bonchev–Trinajstić information content (AvgIpc) is 2.66. The van der Waals surface area contributed by atoms with Gasteiger partial charge in [-0.15, -0.1) is 0 Å². The van der Waals surface area contributed by atoms with Crippen molar-refractivity contribution in [1.29, 1.82) is 0 Å².